The van der Waals surface area contributed by atoms with E-state index in [1.165, 1.54) is 6.20 Å². The quantitative estimate of drug-likeness (QED) is 0.791. The number of nitrogens with zero attached hydrogens (tertiary/aromatic N) is 2. The molecule has 0 fully saturated rings. The number of nitrogens with one attached hydrogen (secondary N) is 2. The van der Waals surface area contributed by atoms with Crippen LogP contribution in [0.3, 0.4) is 0 Å². The second-order valence-corrected chi connectivity index (χ2v) is 5.21. The third-order valence-corrected chi connectivity index (χ3v) is 3.41. The standard InChI is InChI=1S/C15H17ClN4OS/c1-2-21-13-6-4-3-5-11(13)7-9-17-15(22)19-14-12(16)8-10-18-20-14/h3-6,8,10H,2,7,9H2,1H3,(H2,17,19,20,22). The molecule has 0 unspecified atom stereocenters. The summed E-state index contributed by atoms with van der Waals surface area (Å²) in [5, 5.41) is 14.6. The van der Waals surface area contributed by atoms with Crippen LogP contribution in [-0.4, -0.2) is 28.5 Å². The maximum Gasteiger partial charge on any atom is 0.173 e. The van der Waals surface area contributed by atoms with Crippen molar-refractivity contribution in [3.8, 4) is 5.75 Å². The van der Waals surface area contributed by atoms with Crippen LogP contribution in [0.25, 0.3) is 0 Å². The Morgan fingerprint density at radius 2 is 2.14 bits per heavy atom. The zero-order chi connectivity index (χ0) is 15.8. The van der Waals surface area contributed by atoms with Gasteiger partial charge in [0, 0.05) is 6.54 Å². The van der Waals surface area contributed by atoms with E-state index in [0.29, 0.717) is 29.1 Å². The Bertz CT molecular complexity index is 638. The molecule has 0 spiro atoms. The summed E-state index contributed by atoms with van der Waals surface area (Å²) in [7, 11) is 0. The summed E-state index contributed by atoms with van der Waals surface area (Å²) in [4.78, 5) is 0. The van der Waals surface area contributed by atoms with Gasteiger partial charge in [0.15, 0.2) is 10.9 Å². The third-order valence-electron chi connectivity index (χ3n) is 2.86. The number of aromatic nitrogens is 2. The van der Waals surface area contributed by atoms with Crippen molar-refractivity contribution in [3.05, 3.63) is 47.1 Å². The zero-order valence-electron chi connectivity index (χ0n) is 12.2. The summed E-state index contributed by atoms with van der Waals surface area (Å²) in [5.41, 5.74) is 1.14. The molecule has 0 aliphatic carbocycles. The molecule has 0 atom stereocenters. The maximum absolute atomic E-state index is 5.98. The first-order chi connectivity index (χ1) is 10.7. The molecule has 1 heterocycles. The Morgan fingerprint density at radius 1 is 1.32 bits per heavy atom. The minimum Gasteiger partial charge on any atom is -0.494 e. The Balaban J connectivity index is 1.84. The first-order valence-corrected chi connectivity index (χ1v) is 7.72. The second-order valence-electron chi connectivity index (χ2n) is 4.40. The van der Waals surface area contributed by atoms with Crippen LogP contribution in [0.4, 0.5) is 5.82 Å². The number of hydrogen-bond acceptors (Lipinski definition) is 4. The van der Waals surface area contributed by atoms with Gasteiger partial charge in [0.05, 0.1) is 17.8 Å². The number of rotatable bonds is 6. The van der Waals surface area contributed by atoms with E-state index in [-0.39, 0.29) is 0 Å². The molecule has 0 amide bonds. The number of halogens is 1. The maximum atomic E-state index is 5.98. The lowest BCUT2D eigenvalue weighted by atomic mass is 10.1. The van der Waals surface area contributed by atoms with Crippen molar-refractivity contribution in [2.24, 2.45) is 0 Å². The van der Waals surface area contributed by atoms with E-state index in [4.69, 9.17) is 28.6 Å². The largest absolute Gasteiger partial charge is 0.494 e. The van der Waals surface area contributed by atoms with Crippen LogP contribution in [0.15, 0.2) is 36.5 Å². The molecule has 2 aromatic rings. The monoisotopic (exact) mass is 336 g/mol. The van der Waals surface area contributed by atoms with Crippen molar-refractivity contribution in [3.63, 3.8) is 0 Å². The number of para-hydroxylation sites is 1. The van der Waals surface area contributed by atoms with Gasteiger partial charge in [-0.25, -0.2) is 0 Å². The summed E-state index contributed by atoms with van der Waals surface area (Å²) in [6.07, 6.45) is 2.32. The van der Waals surface area contributed by atoms with Crippen LogP contribution in [0, 0.1) is 0 Å². The van der Waals surface area contributed by atoms with E-state index in [2.05, 4.69) is 20.8 Å². The van der Waals surface area contributed by atoms with E-state index in [1.807, 2.05) is 31.2 Å². The van der Waals surface area contributed by atoms with Crippen molar-refractivity contribution >= 4 is 34.7 Å². The molecule has 0 bridgehead atoms. The molecule has 7 heteroatoms. The molecule has 2 N–H and O–H groups in total. The minimum absolute atomic E-state index is 0.441. The first kappa shape index (κ1) is 16.5. The lowest BCUT2D eigenvalue weighted by molar-refractivity contribution is 0.336. The number of thiocarbonyl (C=S) groups is 1. The normalized spacial score (nSPS) is 10.1. The lowest BCUT2D eigenvalue weighted by Crippen LogP contribution is -2.30. The first-order valence-electron chi connectivity index (χ1n) is 6.93. The zero-order valence-corrected chi connectivity index (χ0v) is 13.7. The molecule has 0 saturated heterocycles. The molecular formula is C15H17ClN4OS. The van der Waals surface area contributed by atoms with Crippen LogP contribution in [0.2, 0.25) is 5.02 Å². The Kier molecular flexibility index (Phi) is 6.36. The van der Waals surface area contributed by atoms with Crippen LogP contribution < -0.4 is 15.4 Å². The number of anilines is 1. The molecule has 0 aliphatic rings. The van der Waals surface area contributed by atoms with Gasteiger partial charge in [-0.1, -0.05) is 29.8 Å². The molecular weight excluding hydrogens is 320 g/mol. The van der Waals surface area contributed by atoms with Gasteiger partial charge in [-0.3, -0.25) is 0 Å². The van der Waals surface area contributed by atoms with Crippen molar-refractivity contribution in [1.82, 2.24) is 15.5 Å². The van der Waals surface area contributed by atoms with Gasteiger partial charge in [-0.15, -0.1) is 5.10 Å². The highest BCUT2D eigenvalue weighted by Crippen LogP contribution is 2.18. The summed E-state index contributed by atoms with van der Waals surface area (Å²) >= 11 is 11.2. The summed E-state index contributed by atoms with van der Waals surface area (Å²) in [6.45, 7) is 3.29. The van der Waals surface area contributed by atoms with Gasteiger partial charge < -0.3 is 15.4 Å². The fraction of sp³-hybridized carbons (Fsp3) is 0.267. The van der Waals surface area contributed by atoms with Gasteiger partial charge in [-0.2, -0.15) is 5.10 Å². The summed E-state index contributed by atoms with van der Waals surface area (Å²) in [6, 6.07) is 9.62. The van der Waals surface area contributed by atoms with Crippen LogP contribution in [-0.2, 0) is 6.42 Å². The molecule has 22 heavy (non-hydrogen) atoms. The van der Waals surface area contributed by atoms with Crippen molar-refractivity contribution < 1.29 is 4.74 Å². The van der Waals surface area contributed by atoms with E-state index in [9.17, 15) is 0 Å². The minimum atomic E-state index is 0.441. The fourth-order valence-corrected chi connectivity index (χ4v) is 2.21. The predicted molar refractivity (Wildman–Crippen MR) is 92.6 cm³/mol. The third kappa shape index (κ3) is 4.82. The van der Waals surface area contributed by atoms with E-state index < -0.39 is 0 Å². The van der Waals surface area contributed by atoms with E-state index in [0.717, 1.165) is 17.7 Å². The molecule has 1 aromatic carbocycles. The highest BCUT2D eigenvalue weighted by atomic mass is 35.5. The molecule has 0 saturated carbocycles. The van der Waals surface area contributed by atoms with Gasteiger partial charge >= 0.3 is 0 Å². The number of benzene rings is 1. The Labute approximate surface area is 140 Å². The average Bonchev–Trinajstić information content (AvgIpc) is 2.51. The average molecular weight is 337 g/mol. The van der Waals surface area contributed by atoms with E-state index in [1.54, 1.807) is 6.07 Å². The van der Waals surface area contributed by atoms with Gasteiger partial charge in [-0.05, 0) is 43.3 Å². The molecule has 1 aromatic heterocycles. The molecule has 116 valence electrons. The fourth-order valence-electron chi connectivity index (χ4n) is 1.87. The second kappa shape index (κ2) is 8.51. The topological polar surface area (TPSA) is 59.1 Å². The molecule has 0 radical (unpaired) electrons. The van der Waals surface area contributed by atoms with Crippen molar-refractivity contribution in [2.75, 3.05) is 18.5 Å². The summed E-state index contributed by atoms with van der Waals surface area (Å²) in [5.74, 6) is 1.35. The Morgan fingerprint density at radius 3 is 2.91 bits per heavy atom. The molecule has 0 aliphatic heterocycles. The van der Waals surface area contributed by atoms with Gasteiger partial charge in [0.1, 0.15) is 5.75 Å². The van der Waals surface area contributed by atoms with Gasteiger partial charge in [0.2, 0.25) is 0 Å². The van der Waals surface area contributed by atoms with Crippen LogP contribution >= 0.6 is 23.8 Å². The number of hydrogen-bond donors (Lipinski definition) is 2. The van der Waals surface area contributed by atoms with Crippen molar-refractivity contribution in [2.45, 2.75) is 13.3 Å². The SMILES string of the molecule is CCOc1ccccc1CCNC(=S)Nc1nnccc1Cl. The highest BCUT2D eigenvalue weighted by molar-refractivity contribution is 7.80. The van der Waals surface area contributed by atoms with Crippen LogP contribution in [0.1, 0.15) is 12.5 Å². The number of ether oxygens (including phenoxy) is 1. The smallest absolute Gasteiger partial charge is 0.173 e. The summed E-state index contributed by atoms with van der Waals surface area (Å²) < 4.78 is 5.59. The van der Waals surface area contributed by atoms with Gasteiger partial charge in [0.25, 0.3) is 0 Å². The molecule has 2 rings (SSSR count). The predicted octanol–water partition coefficient (Wildman–Crippen LogP) is 3.06. The molecule has 5 nitrogen and oxygen atoms in total. The van der Waals surface area contributed by atoms with Crippen molar-refractivity contribution in [1.29, 1.82) is 0 Å². The lowest BCUT2D eigenvalue weighted by Gasteiger charge is -2.12. The highest BCUT2D eigenvalue weighted by Gasteiger charge is 2.05. The van der Waals surface area contributed by atoms with E-state index >= 15 is 0 Å². The van der Waals surface area contributed by atoms with Crippen LogP contribution in [0.5, 0.6) is 5.75 Å². The Hall–Kier alpha value is -1.92.